The maximum Gasteiger partial charge on any atom is 0.240 e. The van der Waals surface area contributed by atoms with Crippen LogP contribution in [-0.4, -0.2) is 8.42 Å². The molecule has 0 aliphatic rings. The normalized spacial score (nSPS) is 11.0. The quantitative estimate of drug-likeness (QED) is 0.845. The van der Waals surface area contributed by atoms with Gasteiger partial charge in [0.25, 0.3) is 0 Å². The van der Waals surface area contributed by atoms with Crippen molar-refractivity contribution in [1.29, 1.82) is 5.26 Å². The van der Waals surface area contributed by atoms with Gasteiger partial charge in [0, 0.05) is 4.47 Å². The molecule has 0 unspecified atom stereocenters. The second kappa shape index (κ2) is 3.98. The summed E-state index contributed by atoms with van der Waals surface area (Å²) in [5, 5.41) is 13.7. The molecule has 0 aliphatic carbocycles. The summed E-state index contributed by atoms with van der Waals surface area (Å²) in [6.07, 6.45) is 0. The lowest BCUT2D eigenvalue weighted by Crippen LogP contribution is -2.14. The number of hydrogen-bond acceptors (Lipinski definition) is 3. The second-order valence-electron chi connectivity index (χ2n) is 2.39. The molecule has 0 heterocycles. The van der Waals surface area contributed by atoms with Crippen LogP contribution in [0.2, 0.25) is 0 Å². The molecule has 7 heteroatoms. The van der Waals surface area contributed by atoms with Crippen LogP contribution in [-0.2, 0) is 10.0 Å². The summed E-state index contributed by atoms with van der Waals surface area (Å²) in [6.45, 7) is 0. The molecule has 2 N–H and O–H groups in total. The van der Waals surface area contributed by atoms with Gasteiger partial charge in [-0.05, 0) is 44.0 Å². The molecule has 74 valence electrons. The average molecular weight is 340 g/mol. The van der Waals surface area contributed by atoms with E-state index in [0.717, 1.165) is 0 Å². The van der Waals surface area contributed by atoms with E-state index in [2.05, 4.69) is 31.9 Å². The van der Waals surface area contributed by atoms with Crippen molar-refractivity contribution < 1.29 is 8.42 Å². The van der Waals surface area contributed by atoms with Gasteiger partial charge in [0.05, 0.1) is 10.0 Å². The summed E-state index contributed by atoms with van der Waals surface area (Å²) in [5.41, 5.74) is 0.220. The van der Waals surface area contributed by atoms with Gasteiger partial charge in [0.1, 0.15) is 11.0 Å². The average Bonchev–Trinajstić information content (AvgIpc) is 2.02. The molecule has 4 nitrogen and oxygen atoms in total. The van der Waals surface area contributed by atoms with Crippen LogP contribution in [0.5, 0.6) is 0 Å². The lowest BCUT2D eigenvalue weighted by molar-refractivity contribution is 0.597. The predicted molar refractivity (Wildman–Crippen MR) is 57.9 cm³/mol. The van der Waals surface area contributed by atoms with Gasteiger partial charge < -0.3 is 0 Å². The van der Waals surface area contributed by atoms with Crippen molar-refractivity contribution in [1.82, 2.24) is 0 Å². The van der Waals surface area contributed by atoms with Gasteiger partial charge in [-0.25, -0.2) is 13.6 Å². The van der Waals surface area contributed by atoms with Crippen molar-refractivity contribution >= 4 is 41.9 Å². The number of rotatable bonds is 1. The number of benzene rings is 1. The Bertz CT molecular complexity index is 519. The molecule has 1 rings (SSSR count). The first-order valence-corrected chi connectivity index (χ1v) is 6.42. The molecule has 0 radical (unpaired) electrons. The smallest absolute Gasteiger partial charge is 0.225 e. The number of primary sulfonamides is 1. The van der Waals surface area contributed by atoms with Crippen LogP contribution in [0, 0.1) is 11.3 Å². The molecule has 0 aliphatic heterocycles. The third-order valence-electron chi connectivity index (χ3n) is 1.45. The number of nitriles is 1. The molecule has 0 bridgehead atoms. The Morgan fingerprint density at radius 3 is 2.36 bits per heavy atom. The van der Waals surface area contributed by atoms with E-state index < -0.39 is 10.0 Å². The summed E-state index contributed by atoms with van der Waals surface area (Å²) in [6, 6.07) is 4.80. The van der Waals surface area contributed by atoms with Gasteiger partial charge in [0.15, 0.2) is 0 Å². The zero-order valence-electron chi connectivity index (χ0n) is 6.66. The van der Waals surface area contributed by atoms with E-state index in [1.54, 1.807) is 0 Å². The number of nitrogens with two attached hydrogens (primary N) is 1. The Balaban J connectivity index is 3.68. The molecule has 0 spiro atoms. The van der Waals surface area contributed by atoms with Crippen molar-refractivity contribution in [2.45, 2.75) is 4.90 Å². The highest BCUT2D eigenvalue weighted by atomic mass is 79.9. The van der Waals surface area contributed by atoms with Crippen molar-refractivity contribution in [2.24, 2.45) is 5.14 Å². The van der Waals surface area contributed by atoms with Gasteiger partial charge >= 0.3 is 0 Å². The van der Waals surface area contributed by atoms with Gasteiger partial charge in [-0.1, -0.05) is 0 Å². The molecule has 1 aromatic rings. The third kappa shape index (κ3) is 2.15. The Hall–Kier alpha value is -0.420. The first-order valence-electron chi connectivity index (χ1n) is 3.29. The molecular weight excluding hydrogens is 336 g/mol. The fraction of sp³-hybridized carbons (Fsp3) is 0. The lowest BCUT2D eigenvalue weighted by Gasteiger charge is -2.05. The molecule has 0 aromatic heterocycles. The van der Waals surface area contributed by atoms with Crippen LogP contribution < -0.4 is 5.14 Å². The van der Waals surface area contributed by atoms with Crippen LogP contribution in [0.25, 0.3) is 0 Å². The predicted octanol–water partition coefficient (Wildman–Crippen LogP) is 1.73. The summed E-state index contributed by atoms with van der Waals surface area (Å²) in [5.74, 6) is 0. The molecule has 0 saturated heterocycles. The van der Waals surface area contributed by atoms with Crippen molar-refractivity contribution in [3.8, 4) is 6.07 Å². The zero-order chi connectivity index (χ0) is 10.9. The Kier molecular flexibility index (Phi) is 3.32. The fourth-order valence-electron chi connectivity index (χ4n) is 0.880. The molecule has 0 saturated carbocycles. The highest BCUT2D eigenvalue weighted by molar-refractivity contribution is 9.11. The van der Waals surface area contributed by atoms with Crippen LogP contribution in [0.3, 0.4) is 0 Å². The first-order chi connectivity index (χ1) is 6.38. The van der Waals surface area contributed by atoms with Crippen molar-refractivity contribution in [2.75, 3.05) is 0 Å². The van der Waals surface area contributed by atoms with Gasteiger partial charge in [-0.2, -0.15) is 5.26 Å². The van der Waals surface area contributed by atoms with Crippen LogP contribution in [0.4, 0.5) is 0 Å². The number of hydrogen-bond donors (Lipinski definition) is 1. The largest absolute Gasteiger partial charge is 0.240 e. The molecule has 14 heavy (non-hydrogen) atoms. The minimum absolute atomic E-state index is 0.114. The Morgan fingerprint density at radius 2 is 1.93 bits per heavy atom. The lowest BCUT2D eigenvalue weighted by atomic mass is 10.2. The highest BCUT2D eigenvalue weighted by Crippen LogP contribution is 2.31. The maximum atomic E-state index is 11.2. The van der Waals surface area contributed by atoms with Gasteiger partial charge in [-0.15, -0.1) is 0 Å². The Morgan fingerprint density at radius 1 is 1.36 bits per heavy atom. The van der Waals surface area contributed by atoms with Gasteiger partial charge in [0.2, 0.25) is 10.0 Å². The summed E-state index contributed by atoms with van der Waals surface area (Å²) in [7, 11) is -3.84. The second-order valence-corrected chi connectivity index (χ2v) is 5.54. The van der Waals surface area contributed by atoms with E-state index in [0.29, 0.717) is 4.47 Å². The number of nitrogens with zero attached hydrogens (tertiary/aromatic N) is 1. The van der Waals surface area contributed by atoms with E-state index in [9.17, 15) is 8.42 Å². The van der Waals surface area contributed by atoms with Crippen LogP contribution in [0.1, 0.15) is 5.56 Å². The molecule has 0 fully saturated rings. The number of halogens is 2. The summed E-state index contributed by atoms with van der Waals surface area (Å²) >= 11 is 6.06. The fourth-order valence-corrected chi connectivity index (χ4v) is 3.96. The maximum absolute atomic E-state index is 11.2. The molecule has 1 aromatic carbocycles. The molecular formula is C7H4Br2N2O2S. The van der Waals surface area contributed by atoms with Crippen LogP contribution >= 0.6 is 31.9 Å². The van der Waals surface area contributed by atoms with E-state index in [1.165, 1.54) is 12.1 Å². The minimum Gasteiger partial charge on any atom is -0.225 e. The van der Waals surface area contributed by atoms with E-state index in [1.807, 2.05) is 6.07 Å². The summed E-state index contributed by atoms with van der Waals surface area (Å²) in [4.78, 5) is -0.114. The van der Waals surface area contributed by atoms with Gasteiger partial charge in [-0.3, -0.25) is 0 Å². The van der Waals surface area contributed by atoms with E-state index in [-0.39, 0.29) is 14.9 Å². The minimum atomic E-state index is -3.84. The third-order valence-corrected chi connectivity index (χ3v) is 4.46. The number of sulfonamides is 1. The van der Waals surface area contributed by atoms with E-state index >= 15 is 0 Å². The van der Waals surface area contributed by atoms with Crippen molar-refractivity contribution in [3.05, 3.63) is 26.6 Å². The molecule has 0 amide bonds. The monoisotopic (exact) mass is 338 g/mol. The first kappa shape index (κ1) is 11.7. The zero-order valence-corrected chi connectivity index (χ0v) is 10.6. The van der Waals surface area contributed by atoms with E-state index in [4.69, 9.17) is 10.4 Å². The highest BCUT2D eigenvalue weighted by Gasteiger charge is 2.19. The summed E-state index contributed by atoms with van der Waals surface area (Å²) < 4.78 is 22.8. The molecule has 0 atom stereocenters. The van der Waals surface area contributed by atoms with Crippen molar-refractivity contribution in [3.63, 3.8) is 0 Å². The standard InChI is InChI=1S/C7H4Br2N2O2S/c8-5-2-1-4(3-10)6(9)7(5)14(11,12)13/h1-2H,(H2,11,12,13). The SMILES string of the molecule is N#Cc1ccc(Br)c(S(N)(=O)=O)c1Br. The Labute approximate surface area is 98.0 Å². The van der Waals surface area contributed by atoms with Crippen LogP contribution in [0.15, 0.2) is 26.0 Å². The topological polar surface area (TPSA) is 83.9 Å².